The van der Waals surface area contributed by atoms with E-state index in [1.54, 1.807) is 0 Å². The standard InChI is InChI=1S/C7H10O3/c1-2-7(9)3-4-10-6(8)5-7/h2,9H,1,3-5H2/t7-/m1/s1/i5D/t5-,7-. The highest BCUT2D eigenvalue weighted by atomic mass is 16.5. The van der Waals surface area contributed by atoms with Crippen molar-refractivity contribution in [2.75, 3.05) is 6.61 Å². The van der Waals surface area contributed by atoms with E-state index in [4.69, 9.17) is 1.37 Å². The van der Waals surface area contributed by atoms with E-state index in [0.29, 0.717) is 0 Å². The van der Waals surface area contributed by atoms with Gasteiger partial charge in [-0.3, -0.25) is 4.79 Å². The quantitative estimate of drug-likeness (QED) is 0.422. The molecule has 1 saturated heterocycles. The van der Waals surface area contributed by atoms with Crippen LogP contribution in [0.2, 0.25) is 0 Å². The molecule has 1 N–H and O–H groups in total. The molecule has 0 aromatic heterocycles. The van der Waals surface area contributed by atoms with E-state index >= 15 is 0 Å². The van der Waals surface area contributed by atoms with Crippen LogP contribution in [-0.4, -0.2) is 23.3 Å². The third-order valence-corrected chi connectivity index (χ3v) is 1.47. The summed E-state index contributed by atoms with van der Waals surface area (Å²) in [7, 11) is 0. The zero-order valence-corrected chi connectivity index (χ0v) is 5.54. The second-order valence-electron chi connectivity index (χ2n) is 2.26. The fourth-order valence-electron chi connectivity index (χ4n) is 0.794. The molecule has 3 heteroatoms. The van der Waals surface area contributed by atoms with Gasteiger partial charge in [0, 0.05) is 7.79 Å². The minimum atomic E-state index is -1.39. The Hall–Kier alpha value is -0.830. The number of rotatable bonds is 1. The highest BCUT2D eigenvalue weighted by molar-refractivity contribution is 5.71. The van der Waals surface area contributed by atoms with Crippen molar-refractivity contribution in [2.45, 2.75) is 18.4 Å². The molecular formula is C7H10O3. The average molecular weight is 143 g/mol. The van der Waals surface area contributed by atoms with Crippen LogP contribution in [0.3, 0.4) is 0 Å². The molecule has 0 spiro atoms. The van der Waals surface area contributed by atoms with Gasteiger partial charge in [0.05, 0.1) is 18.6 Å². The average Bonchev–Trinajstić information content (AvgIpc) is 2.00. The van der Waals surface area contributed by atoms with Crippen LogP contribution in [0.4, 0.5) is 0 Å². The second-order valence-corrected chi connectivity index (χ2v) is 2.26. The van der Waals surface area contributed by atoms with Gasteiger partial charge < -0.3 is 9.84 Å². The van der Waals surface area contributed by atoms with Gasteiger partial charge in [0.2, 0.25) is 0 Å². The number of aliphatic hydroxyl groups is 1. The lowest BCUT2D eigenvalue weighted by molar-refractivity contribution is -0.155. The molecule has 1 fully saturated rings. The second kappa shape index (κ2) is 2.42. The van der Waals surface area contributed by atoms with Gasteiger partial charge in [-0.2, -0.15) is 0 Å². The van der Waals surface area contributed by atoms with Crippen LogP contribution in [0.5, 0.6) is 0 Å². The van der Waals surface area contributed by atoms with Gasteiger partial charge in [-0.1, -0.05) is 6.08 Å². The summed E-state index contributed by atoms with van der Waals surface area (Å²) < 4.78 is 11.8. The summed E-state index contributed by atoms with van der Waals surface area (Å²) in [4.78, 5) is 10.8. The Bertz CT molecular complexity index is 192. The molecule has 1 rings (SSSR count). The Morgan fingerprint density at radius 3 is 3.20 bits per heavy atom. The Balaban J connectivity index is 2.80. The summed E-state index contributed by atoms with van der Waals surface area (Å²) in [5.41, 5.74) is -1.39. The van der Waals surface area contributed by atoms with Crippen LogP contribution in [0, 0.1) is 0 Å². The molecule has 0 unspecified atom stereocenters. The van der Waals surface area contributed by atoms with E-state index in [1.807, 2.05) is 0 Å². The molecule has 56 valence electrons. The first-order valence-corrected chi connectivity index (χ1v) is 3.05. The SMILES string of the molecule is [2H][C@@H]1C(=O)OCC[C@]1(O)C=C. The predicted molar refractivity (Wildman–Crippen MR) is 35.3 cm³/mol. The Kier molecular flexibility index (Phi) is 1.43. The van der Waals surface area contributed by atoms with Crippen LogP contribution in [-0.2, 0) is 9.53 Å². The van der Waals surface area contributed by atoms with Crippen LogP contribution >= 0.6 is 0 Å². The monoisotopic (exact) mass is 143 g/mol. The Labute approximate surface area is 60.7 Å². The summed E-state index contributed by atoms with van der Waals surface area (Å²) in [5, 5.41) is 9.51. The van der Waals surface area contributed by atoms with Crippen molar-refractivity contribution in [1.29, 1.82) is 0 Å². The highest BCUT2D eigenvalue weighted by Gasteiger charge is 2.31. The lowest BCUT2D eigenvalue weighted by Crippen LogP contribution is -2.36. The van der Waals surface area contributed by atoms with E-state index < -0.39 is 18.0 Å². The van der Waals surface area contributed by atoms with Crippen LogP contribution < -0.4 is 0 Å². The lowest BCUT2D eigenvalue weighted by Gasteiger charge is -2.27. The topological polar surface area (TPSA) is 46.5 Å². The molecular weight excluding hydrogens is 132 g/mol. The van der Waals surface area contributed by atoms with E-state index in [9.17, 15) is 9.90 Å². The third-order valence-electron chi connectivity index (χ3n) is 1.47. The summed E-state index contributed by atoms with van der Waals surface area (Å²) >= 11 is 0. The third kappa shape index (κ3) is 1.36. The first-order valence-electron chi connectivity index (χ1n) is 3.63. The normalized spacial score (nSPS) is 41.9. The summed E-state index contributed by atoms with van der Waals surface area (Å²) in [6.45, 7) is 3.53. The molecule has 0 saturated carbocycles. The van der Waals surface area contributed by atoms with Gasteiger partial charge in [-0.05, 0) is 0 Å². The van der Waals surface area contributed by atoms with E-state index in [0.717, 1.165) is 0 Å². The molecule has 0 bridgehead atoms. The number of cyclic esters (lactones) is 1. The van der Waals surface area contributed by atoms with Crippen molar-refractivity contribution >= 4 is 5.97 Å². The molecule has 1 aliphatic rings. The molecule has 1 heterocycles. The number of carbonyl (C=O) groups is 1. The van der Waals surface area contributed by atoms with Crippen molar-refractivity contribution < 1.29 is 16.0 Å². The molecule has 0 aromatic carbocycles. The van der Waals surface area contributed by atoms with Crippen LogP contribution in [0.25, 0.3) is 0 Å². The summed E-state index contributed by atoms with van der Waals surface area (Å²) in [6, 6.07) is 0. The smallest absolute Gasteiger partial charge is 0.309 e. The van der Waals surface area contributed by atoms with E-state index in [1.165, 1.54) is 6.08 Å². The van der Waals surface area contributed by atoms with Crippen molar-refractivity contribution in [1.82, 2.24) is 0 Å². The lowest BCUT2D eigenvalue weighted by atomic mass is 9.95. The molecule has 0 radical (unpaired) electrons. The fourth-order valence-corrected chi connectivity index (χ4v) is 0.794. The maximum Gasteiger partial charge on any atom is 0.309 e. The van der Waals surface area contributed by atoms with Gasteiger partial charge in [0.25, 0.3) is 0 Å². The number of esters is 1. The maximum atomic E-state index is 10.8. The van der Waals surface area contributed by atoms with Crippen LogP contribution in [0.1, 0.15) is 14.2 Å². The fraction of sp³-hybridized carbons (Fsp3) is 0.571. The minimum absolute atomic E-state index is 0.163. The zero-order chi connectivity index (χ0) is 8.48. The van der Waals surface area contributed by atoms with Crippen molar-refractivity contribution in [3.8, 4) is 0 Å². The Morgan fingerprint density at radius 1 is 2.00 bits per heavy atom. The first-order chi connectivity index (χ1) is 5.10. The largest absolute Gasteiger partial charge is 0.465 e. The predicted octanol–water partition coefficient (Wildman–Crippen LogP) is 0.240. The highest BCUT2D eigenvalue weighted by Crippen LogP contribution is 2.21. The number of hydrogen-bond acceptors (Lipinski definition) is 3. The minimum Gasteiger partial charge on any atom is -0.465 e. The molecule has 0 amide bonds. The summed E-state index contributed by atoms with van der Waals surface area (Å²) in [6.07, 6.45) is 0.246. The number of ether oxygens (including phenoxy) is 1. The van der Waals surface area contributed by atoms with Crippen molar-refractivity contribution in [3.63, 3.8) is 0 Å². The molecule has 0 aliphatic carbocycles. The number of carbonyl (C=O) groups excluding carboxylic acids is 1. The molecule has 10 heavy (non-hydrogen) atoms. The molecule has 3 nitrogen and oxygen atoms in total. The molecule has 1 aliphatic heterocycles. The van der Waals surface area contributed by atoms with Crippen molar-refractivity contribution in [2.24, 2.45) is 0 Å². The molecule has 2 atom stereocenters. The van der Waals surface area contributed by atoms with Crippen LogP contribution in [0.15, 0.2) is 12.7 Å². The van der Waals surface area contributed by atoms with Crippen molar-refractivity contribution in [3.05, 3.63) is 12.7 Å². The Morgan fingerprint density at radius 2 is 2.70 bits per heavy atom. The number of hydrogen-bond donors (Lipinski definition) is 1. The van der Waals surface area contributed by atoms with Gasteiger partial charge in [0.1, 0.15) is 0 Å². The van der Waals surface area contributed by atoms with Gasteiger partial charge in [0.15, 0.2) is 0 Å². The zero-order valence-electron chi connectivity index (χ0n) is 6.54. The van der Waals surface area contributed by atoms with Gasteiger partial charge >= 0.3 is 5.97 Å². The molecule has 0 aromatic rings. The van der Waals surface area contributed by atoms with Gasteiger partial charge in [-0.15, -0.1) is 6.58 Å². The van der Waals surface area contributed by atoms with E-state index in [2.05, 4.69) is 11.3 Å². The van der Waals surface area contributed by atoms with E-state index in [-0.39, 0.29) is 13.0 Å². The first kappa shape index (κ1) is 5.92. The summed E-state index contributed by atoms with van der Waals surface area (Å²) in [5.74, 6) is -0.682. The maximum absolute atomic E-state index is 10.8. The van der Waals surface area contributed by atoms with Gasteiger partial charge in [-0.25, -0.2) is 0 Å².